The lowest BCUT2D eigenvalue weighted by molar-refractivity contribution is -0.392. The molecule has 0 atom stereocenters. The summed E-state index contributed by atoms with van der Waals surface area (Å²) < 4.78 is 1.19. The highest BCUT2D eigenvalue weighted by atomic mass is 16.6. The van der Waals surface area contributed by atoms with Gasteiger partial charge in [-0.25, -0.2) is 9.55 Å². The van der Waals surface area contributed by atoms with Crippen LogP contribution < -0.4 is 0 Å². The van der Waals surface area contributed by atoms with Crippen LogP contribution in [0.15, 0.2) is 12.5 Å². The molecule has 0 spiro atoms. The van der Waals surface area contributed by atoms with Gasteiger partial charge in [0.05, 0.1) is 6.42 Å². The lowest BCUT2D eigenvalue weighted by Gasteiger charge is -1.97. The molecular weight excluding hydrogens is 178 g/mol. The Labute approximate surface area is 72.8 Å². The maximum Gasteiger partial charge on any atom is 0.342 e. The molecule has 13 heavy (non-hydrogen) atoms. The minimum atomic E-state index is -0.997. The van der Waals surface area contributed by atoms with Crippen LogP contribution in [0, 0.1) is 10.1 Å². The summed E-state index contributed by atoms with van der Waals surface area (Å²) >= 11 is 0. The molecule has 1 rings (SSSR count). The Kier molecular flexibility index (Phi) is 2.58. The number of carboxylic acids is 1. The van der Waals surface area contributed by atoms with Crippen molar-refractivity contribution in [2.24, 2.45) is 0 Å². The minimum Gasteiger partial charge on any atom is -0.481 e. The van der Waals surface area contributed by atoms with Gasteiger partial charge in [0.1, 0.15) is 12.7 Å². The molecular formula is C6H7N3O4. The Morgan fingerprint density at radius 1 is 1.77 bits per heavy atom. The lowest BCUT2D eigenvalue weighted by atomic mass is 10.4. The van der Waals surface area contributed by atoms with E-state index in [0.29, 0.717) is 0 Å². The van der Waals surface area contributed by atoms with Crippen molar-refractivity contribution in [1.29, 1.82) is 0 Å². The maximum atomic E-state index is 10.3. The smallest absolute Gasteiger partial charge is 0.342 e. The van der Waals surface area contributed by atoms with E-state index >= 15 is 0 Å². The summed E-state index contributed by atoms with van der Waals surface area (Å²) in [6, 6.07) is 0. The first kappa shape index (κ1) is 9.17. The lowest BCUT2D eigenvalue weighted by Crippen LogP contribution is -2.06. The predicted molar refractivity (Wildman–Crippen MR) is 41.1 cm³/mol. The first-order chi connectivity index (χ1) is 6.11. The van der Waals surface area contributed by atoms with E-state index in [-0.39, 0.29) is 18.8 Å². The number of rotatable bonds is 4. The normalized spacial score (nSPS) is 9.85. The maximum absolute atomic E-state index is 10.3. The number of hydrogen-bond donors (Lipinski definition) is 1. The number of hydrogen-bond acceptors (Lipinski definition) is 4. The summed E-state index contributed by atoms with van der Waals surface area (Å²) in [6.07, 6.45) is 2.17. The second kappa shape index (κ2) is 3.65. The van der Waals surface area contributed by atoms with Gasteiger partial charge in [-0.1, -0.05) is 0 Å². The van der Waals surface area contributed by atoms with Gasteiger partial charge in [-0.15, -0.1) is 0 Å². The SMILES string of the molecule is O=C(O)CCn1cncc1[N+](=O)[O-]. The average molecular weight is 185 g/mol. The van der Waals surface area contributed by atoms with Crippen LogP contribution in [-0.4, -0.2) is 25.6 Å². The summed E-state index contributed by atoms with van der Waals surface area (Å²) in [7, 11) is 0. The van der Waals surface area contributed by atoms with Gasteiger partial charge in [0.2, 0.25) is 0 Å². The fourth-order valence-corrected chi connectivity index (χ4v) is 0.854. The fraction of sp³-hybridized carbons (Fsp3) is 0.333. The summed E-state index contributed by atoms with van der Waals surface area (Å²) in [5.74, 6) is -1.19. The number of nitrogens with zero attached hydrogens (tertiary/aromatic N) is 3. The number of nitro groups is 1. The Balaban J connectivity index is 2.71. The van der Waals surface area contributed by atoms with Crippen molar-refractivity contribution in [2.75, 3.05) is 0 Å². The molecule has 0 amide bonds. The van der Waals surface area contributed by atoms with Crippen LogP contribution in [0.25, 0.3) is 0 Å². The molecule has 0 bridgehead atoms. The van der Waals surface area contributed by atoms with E-state index in [4.69, 9.17) is 5.11 Å². The number of aromatic nitrogens is 2. The topological polar surface area (TPSA) is 98.3 Å². The van der Waals surface area contributed by atoms with Crippen LogP contribution in [0.2, 0.25) is 0 Å². The van der Waals surface area contributed by atoms with Gasteiger partial charge < -0.3 is 15.2 Å². The average Bonchev–Trinajstić information content (AvgIpc) is 2.47. The van der Waals surface area contributed by atoms with Gasteiger partial charge in [0.25, 0.3) is 0 Å². The molecule has 7 nitrogen and oxygen atoms in total. The second-order valence-corrected chi connectivity index (χ2v) is 2.35. The van der Waals surface area contributed by atoms with Crippen molar-refractivity contribution < 1.29 is 14.8 Å². The van der Waals surface area contributed by atoms with Crippen molar-refractivity contribution in [3.63, 3.8) is 0 Å². The Bertz CT molecular complexity index is 332. The zero-order valence-corrected chi connectivity index (χ0v) is 6.58. The highest BCUT2D eigenvalue weighted by Gasteiger charge is 2.13. The van der Waals surface area contributed by atoms with Crippen LogP contribution in [0.1, 0.15) is 6.42 Å². The summed E-state index contributed by atoms with van der Waals surface area (Å²) in [5.41, 5.74) is 0. The molecule has 0 radical (unpaired) electrons. The molecule has 1 aromatic rings. The molecule has 0 unspecified atom stereocenters. The van der Waals surface area contributed by atoms with Gasteiger partial charge >= 0.3 is 11.8 Å². The minimum absolute atomic E-state index is 0.0612. The first-order valence-corrected chi connectivity index (χ1v) is 3.47. The number of aryl methyl sites for hydroxylation is 1. The Morgan fingerprint density at radius 3 is 3.00 bits per heavy atom. The molecule has 7 heteroatoms. The third-order valence-electron chi connectivity index (χ3n) is 1.44. The number of carboxylic acid groups (broad SMARTS) is 1. The van der Waals surface area contributed by atoms with Crippen molar-refractivity contribution in [1.82, 2.24) is 9.55 Å². The van der Waals surface area contributed by atoms with E-state index in [1.165, 1.54) is 10.9 Å². The van der Waals surface area contributed by atoms with Gasteiger partial charge in [-0.05, 0) is 4.92 Å². The number of carbonyl (C=O) groups is 1. The van der Waals surface area contributed by atoms with Gasteiger partial charge in [-0.3, -0.25) is 4.79 Å². The fourth-order valence-electron chi connectivity index (χ4n) is 0.854. The Morgan fingerprint density at radius 2 is 2.46 bits per heavy atom. The third-order valence-corrected chi connectivity index (χ3v) is 1.44. The van der Waals surface area contributed by atoms with Crippen molar-refractivity contribution in [3.8, 4) is 0 Å². The van der Waals surface area contributed by atoms with Crippen LogP contribution in [0.3, 0.4) is 0 Å². The summed E-state index contributed by atoms with van der Waals surface area (Å²) in [4.78, 5) is 23.4. The van der Waals surface area contributed by atoms with E-state index in [1.807, 2.05) is 0 Å². The van der Waals surface area contributed by atoms with Crippen LogP contribution in [0.5, 0.6) is 0 Å². The molecule has 0 saturated carbocycles. The van der Waals surface area contributed by atoms with Crippen molar-refractivity contribution >= 4 is 11.8 Å². The van der Waals surface area contributed by atoms with E-state index in [0.717, 1.165) is 6.20 Å². The van der Waals surface area contributed by atoms with Crippen LogP contribution in [0.4, 0.5) is 5.82 Å². The molecule has 1 N–H and O–H groups in total. The molecule has 1 aromatic heterocycles. The summed E-state index contributed by atoms with van der Waals surface area (Å²) in [5, 5.41) is 18.7. The first-order valence-electron chi connectivity index (χ1n) is 3.47. The highest BCUT2D eigenvalue weighted by molar-refractivity contribution is 5.66. The zero-order valence-electron chi connectivity index (χ0n) is 6.58. The van der Waals surface area contributed by atoms with E-state index < -0.39 is 10.9 Å². The van der Waals surface area contributed by atoms with Crippen LogP contribution in [-0.2, 0) is 11.3 Å². The third kappa shape index (κ3) is 2.26. The quantitative estimate of drug-likeness (QED) is 0.536. The van der Waals surface area contributed by atoms with E-state index in [9.17, 15) is 14.9 Å². The zero-order chi connectivity index (χ0) is 9.84. The second-order valence-electron chi connectivity index (χ2n) is 2.35. The number of aliphatic carboxylic acids is 1. The molecule has 0 fully saturated rings. The van der Waals surface area contributed by atoms with E-state index in [2.05, 4.69) is 4.98 Å². The molecule has 0 aliphatic rings. The van der Waals surface area contributed by atoms with Gasteiger partial charge in [-0.2, -0.15) is 0 Å². The molecule has 0 aliphatic heterocycles. The van der Waals surface area contributed by atoms with E-state index in [1.54, 1.807) is 0 Å². The largest absolute Gasteiger partial charge is 0.481 e. The molecule has 0 aromatic carbocycles. The predicted octanol–water partition coefficient (Wildman–Crippen LogP) is 0.266. The van der Waals surface area contributed by atoms with Crippen molar-refractivity contribution in [3.05, 3.63) is 22.6 Å². The number of imidazole rings is 1. The van der Waals surface area contributed by atoms with Crippen LogP contribution >= 0.6 is 0 Å². The molecule has 0 aliphatic carbocycles. The van der Waals surface area contributed by atoms with Gasteiger partial charge in [0, 0.05) is 0 Å². The van der Waals surface area contributed by atoms with Crippen molar-refractivity contribution in [2.45, 2.75) is 13.0 Å². The summed E-state index contributed by atoms with van der Waals surface area (Å²) in [6.45, 7) is 0.0612. The molecule has 1 heterocycles. The highest BCUT2D eigenvalue weighted by Crippen LogP contribution is 2.09. The standard InChI is InChI=1S/C6H7N3O4/c10-6(11)1-2-8-4-7-3-5(8)9(12)13/h3-4H,1-2H2,(H,10,11). The Hall–Kier alpha value is -1.92. The monoisotopic (exact) mass is 185 g/mol. The van der Waals surface area contributed by atoms with Gasteiger partial charge in [0.15, 0.2) is 6.33 Å². The molecule has 0 saturated heterocycles. The molecule has 70 valence electrons.